The number of ketones is 1. The molecule has 6 rings (SSSR count). The molecule has 2 aliphatic rings. The molecular weight excluding hydrogens is 520 g/mol. The van der Waals surface area contributed by atoms with Crippen LogP contribution in [-0.2, 0) is 21.7 Å². The molecule has 0 amide bonds. The van der Waals surface area contributed by atoms with E-state index in [2.05, 4.69) is 0 Å². The van der Waals surface area contributed by atoms with Crippen molar-refractivity contribution in [3.05, 3.63) is 125 Å². The summed E-state index contributed by atoms with van der Waals surface area (Å²) in [5.74, 6) is -2.16. The summed E-state index contributed by atoms with van der Waals surface area (Å²) >= 11 is 0. The van der Waals surface area contributed by atoms with Crippen LogP contribution in [0.3, 0.4) is 0 Å². The van der Waals surface area contributed by atoms with Crippen molar-refractivity contribution in [1.29, 1.82) is 0 Å². The van der Waals surface area contributed by atoms with Gasteiger partial charge in [-0.2, -0.15) is 0 Å². The monoisotopic (exact) mass is 550 g/mol. The number of hydrogen-bond donors (Lipinski definition) is 1. The highest BCUT2D eigenvalue weighted by atomic mass is 16.5. The number of esters is 1. The first kappa shape index (κ1) is 26.6. The number of carbonyl (C=O) groups is 2. The van der Waals surface area contributed by atoms with Crippen LogP contribution in [0.15, 0.2) is 97.1 Å². The van der Waals surface area contributed by atoms with Crippen molar-refractivity contribution >= 4 is 11.8 Å². The van der Waals surface area contributed by atoms with Crippen LogP contribution in [0, 0.1) is 12.8 Å². The Morgan fingerprint density at radius 1 is 0.927 bits per heavy atom. The van der Waals surface area contributed by atoms with Gasteiger partial charge in [-0.1, -0.05) is 72.8 Å². The van der Waals surface area contributed by atoms with E-state index in [1.54, 1.807) is 36.4 Å². The van der Waals surface area contributed by atoms with Crippen molar-refractivity contribution in [2.75, 3.05) is 14.2 Å². The fourth-order valence-corrected chi connectivity index (χ4v) is 6.37. The molecule has 0 spiro atoms. The Labute approximate surface area is 238 Å². The summed E-state index contributed by atoms with van der Waals surface area (Å²) in [7, 11) is 2.70. The van der Waals surface area contributed by atoms with E-state index in [0.717, 1.165) is 16.7 Å². The number of carbonyl (C=O) groups excluding carboxylic acids is 2. The summed E-state index contributed by atoms with van der Waals surface area (Å²) in [6, 6.07) is 29.7. The molecule has 1 heterocycles. The maximum absolute atomic E-state index is 14.4. The molecule has 0 bridgehead atoms. The van der Waals surface area contributed by atoms with E-state index in [-0.39, 0.29) is 17.1 Å². The SMILES string of the molecule is COC(=O)C1C(c2ccccc2)[C@]2(c3ccc(OCc4ccccc4)cc3)Oc3cc(C)cc(OC)c3C(=O)[C@]12O. The van der Waals surface area contributed by atoms with E-state index in [9.17, 15) is 14.7 Å². The van der Waals surface area contributed by atoms with Gasteiger partial charge in [0.05, 0.1) is 14.2 Å². The highest BCUT2D eigenvalue weighted by Crippen LogP contribution is 2.68. The smallest absolute Gasteiger partial charge is 0.313 e. The van der Waals surface area contributed by atoms with Crippen LogP contribution in [0.2, 0.25) is 0 Å². The standard InChI is InChI=1S/C34H30O7/c1-21-18-26(38-2)28-27(19-21)41-34(24-14-16-25(17-15-24)40-20-22-10-6-4-7-11-22)29(23-12-8-5-9-13-23)30(32(36)39-3)33(34,37)31(28)35/h4-19,29-30,37H,20H2,1-3H3/t29?,30?,33-,34+/m1/s1. The van der Waals surface area contributed by atoms with Gasteiger partial charge in [-0.05, 0) is 53.4 Å². The van der Waals surface area contributed by atoms with Crippen molar-refractivity contribution in [1.82, 2.24) is 0 Å². The zero-order chi connectivity index (χ0) is 28.8. The maximum atomic E-state index is 14.4. The Kier molecular flexibility index (Phi) is 6.54. The van der Waals surface area contributed by atoms with Crippen LogP contribution in [0.1, 0.15) is 38.5 Å². The minimum atomic E-state index is -2.28. The van der Waals surface area contributed by atoms with Crippen LogP contribution >= 0.6 is 0 Å². The van der Waals surface area contributed by atoms with Gasteiger partial charge in [0.25, 0.3) is 0 Å². The third kappa shape index (κ3) is 3.91. The first-order valence-electron chi connectivity index (χ1n) is 13.4. The van der Waals surface area contributed by atoms with Gasteiger partial charge in [-0.3, -0.25) is 9.59 Å². The molecule has 0 saturated heterocycles. The quantitative estimate of drug-likeness (QED) is 0.309. The van der Waals surface area contributed by atoms with Gasteiger partial charge in [0.2, 0.25) is 5.78 Å². The van der Waals surface area contributed by atoms with Crippen LogP contribution < -0.4 is 14.2 Å². The van der Waals surface area contributed by atoms with Crippen LogP contribution in [0.4, 0.5) is 0 Å². The maximum Gasteiger partial charge on any atom is 0.313 e. The van der Waals surface area contributed by atoms with Crippen molar-refractivity contribution in [3.8, 4) is 17.2 Å². The molecule has 4 atom stereocenters. The largest absolute Gasteiger partial charge is 0.496 e. The first-order valence-corrected chi connectivity index (χ1v) is 13.4. The Balaban J connectivity index is 1.51. The van der Waals surface area contributed by atoms with Crippen LogP contribution in [0.25, 0.3) is 0 Å². The molecule has 41 heavy (non-hydrogen) atoms. The molecule has 0 radical (unpaired) electrons. The number of Topliss-reactive ketones (excluding diaryl/α,β-unsaturated/α-hetero) is 1. The van der Waals surface area contributed by atoms with Gasteiger partial charge in [0.15, 0.2) is 11.2 Å². The molecule has 1 aliphatic heterocycles. The lowest BCUT2D eigenvalue weighted by atomic mass is 9.43. The minimum Gasteiger partial charge on any atom is -0.496 e. The van der Waals surface area contributed by atoms with Gasteiger partial charge in [0, 0.05) is 5.92 Å². The Bertz CT molecular complexity index is 1600. The number of ether oxygens (including phenoxy) is 4. The second kappa shape index (κ2) is 10.1. The summed E-state index contributed by atoms with van der Waals surface area (Å²) in [5, 5.41) is 12.5. The molecule has 7 nitrogen and oxygen atoms in total. The van der Waals surface area contributed by atoms with E-state index >= 15 is 0 Å². The Hall–Kier alpha value is -4.62. The molecule has 4 aromatic carbocycles. The molecule has 1 N–H and O–H groups in total. The normalized spacial score (nSPS) is 24.2. The van der Waals surface area contributed by atoms with E-state index in [1.165, 1.54) is 14.2 Å². The summed E-state index contributed by atoms with van der Waals surface area (Å²) in [5.41, 5.74) is -0.710. The second-order valence-corrected chi connectivity index (χ2v) is 10.5. The molecule has 4 aromatic rings. The topological polar surface area (TPSA) is 91.3 Å². The number of hydrogen-bond acceptors (Lipinski definition) is 7. The van der Waals surface area contributed by atoms with Gasteiger partial charge in [-0.25, -0.2) is 0 Å². The first-order chi connectivity index (χ1) is 19.8. The predicted molar refractivity (Wildman–Crippen MR) is 151 cm³/mol. The van der Waals surface area contributed by atoms with E-state index in [4.69, 9.17) is 18.9 Å². The van der Waals surface area contributed by atoms with Crippen LogP contribution in [0.5, 0.6) is 17.2 Å². The van der Waals surface area contributed by atoms with Gasteiger partial charge in [-0.15, -0.1) is 0 Å². The average molecular weight is 551 g/mol. The molecule has 7 heteroatoms. The lowest BCUT2D eigenvalue weighted by Crippen LogP contribution is -2.80. The number of benzene rings is 4. The van der Waals surface area contributed by atoms with E-state index in [0.29, 0.717) is 17.9 Å². The third-order valence-corrected chi connectivity index (χ3v) is 8.21. The molecule has 208 valence electrons. The van der Waals surface area contributed by atoms with Crippen molar-refractivity contribution in [3.63, 3.8) is 0 Å². The highest BCUT2D eigenvalue weighted by molar-refractivity contribution is 6.12. The molecule has 1 saturated carbocycles. The van der Waals surface area contributed by atoms with Crippen molar-refractivity contribution in [2.45, 2.75) is 30.7 Å². The molecular formula is C34H30O7. The number of aliphatic hydroxyl groups is 1. The minimum absolute atomic E-state index is 0.0967. The number of aryl methyl sites for hydroxylation is 1. The molecule has 1 fully saturated rings. The second-order valence-electron chi connectivity index (χ2n) is 10.5. The molecule has 2 unspecified atom stereocenters. The van der Waals surface area contributed by atoms with E-state index in [1.807, 2.05) is 67.6 Å². The third-order valence-electron chi connectivity index (χ3n) is 8.21. The average Bonchev–Trinajstić information content (AvgIpc) is 3.00. The fourth-order valence-electron chi connectivity index (χ4n) is 6.37. The van der Waals surface area contributed by atoms with Crippen molar-refractivity contribution < 1.29 is 33.6 Å². The lowest BCUT2D eigenvalue weighted by Gasteiger charge is -2.65. The number of fused-ring (bicyclic) bond motifs is 2. The van der Waals surface area contributed by atoms with Crippen molar-refractivity contribution in [2.24, 2.45) is 5.92 Å². The van der Waals surface area contributed by atoms with Gasteiger partial charge < -0.3 is 24.1 Å². The highest BCUT2D eigenvalue weighted by Gasteiger charge is 2.82. The summed E-state index contributed by atoms with van der Waals surface area (Å²) in [4.78, 5) is 27.7. The summed E-state index contributed by atoms with van der Waals surface area (Å²) < 4.78 is 23.4. The Morgan fingerprint density at radius 3 is 2.22 bits per heavy atom. The summed E-state index contributed by atoms with van der Waals surface area (Å²) in [6.07, 6.45) is 0. The van der Waals surface area contributed by atoms with Gasteiger partial charge >= 0.3 is 5.97 Å². The predicted octanol–water partition coefficient (Wildman–Crippen LogP) is 5.37. The van der Waals surface area contributed by atoms with Gasteiger partial charge in [0.1, 0.15) is 35.3 Å². The summed E-state index contributed by atoms with van der Waals surface area (Å²) in [6.45, 7) is 2.25. The lowest BCUT2D eigenvalue weighted by molar-refractivity contribution is -0.251. The zero-order valence-electron chi connectivity index (χ0n) is 23.0. The molecule has 1 aliphatic carbocycles. The van der Waals surface area contributed by atoms with E-state index < -0.39 is 34.8 Å². The molecule has 0 aromatic heterocycles. The number of methoxy groups -OCH3 is 2. The van der Waals surface area contributed by atoms with Crippen LogP contribution in [-0.4, -0.2) is 36.7 Å². The fraction of sp³-hybridized carbons (Fsp3) is 0.235. The number of rotatable bonds is 7. The zero-order valence-corrected chi connectivity index (χ0v) is 23.0. The Morgan fingerprint density at radius 2 is 1.59 bits per heavy atom.